The summed E-state index contributed by atoms with van der Waals surface area (Å²) in [5, 5.41) is 2.87. The summed E-state index contributed by atoms with van der Waals surface area (Å²) >= 11 is 0. The van der Waals surface area contributed by atoms with Crippen molar-refractivity contribution in [2.45, 2.75) is 33.2 Å². The summed E-state index contributed by atoms with van der Waals surface area (Å²) in [6.07, 6.45) is 0.783. The molecule has 2 unspecified atom stereocenters. The van der Waals surface area contributed by atoms with Gasteiger partial charge in [-0.25, -0.2) is 0 Å². The first-order valence-corrected chi connectivity index (χ1v) is 6.74. The van der Waals surface area contributed by atoms with Crippen LogP contribution in [0.25, 0.3) is 0 Å². The second kappa shape index (κ2) is 9.61. The molecule has 0 aliphatic heterocycles. The number of halogens is 1. The molecule has 1 aromatic carbocycles. The predicted octanol–water partition coefficient (Wildman–Crippen LogP) is 2.29. The molecule has 2 atom stereocenters. The van der Waals surface area contributed by atoms with Gasteiger partial charge in [-0.2, -0.15) is 0 Å². The molecule has 0 bridgehead atoms. The van der Waals surface area contributed by atoms with E-state index in [0.29, 0.717) is 13.2 Å². The lowest BCUT2D eigenvalue weighted by molar-refractivity contribution is -0.124. The van der Waals surface area contributed by atoms with E-state index in [-0.39, 0.29) is 30.3 Å². The molecule has 0 aliphatic carbocycles. The van der Waals surface area contributed by atoms with E-state index in [2.05, 4.69) is 5.32 Å². The summed E-state index contributed by atoms with van der Waals surface area (Å²) in [5.41, 5.74) is 6.80. The summed E-state index contributed by atoms with van der Waals surface area (Å²) < 4.78 is 5.65. The first-order chi connectivity index (χ1) is 9.02. The fraction of sp³-hybridized carbons (Fsp3) is 0.533. The van der Waals surface area contributed by atoms with Gasteiger partial charge < -0.3 is 15.8 Å². The van der Waals surface area contributed by atoms with Crippen LogP contribution in [0.1, 0.15) is 25.8 Å². The van der Waals surface area contributed by atoms with E-state index in [0.717, 1.165) is 17.7 Å². The van der Waals surface area contributed by atoms with Gasteiger partial charge in [-0.3, -0.25) is 4.79 Å². The Morgan fingerprint density at radius 2 is 2.00 bits per heavy atom. The van der Waals surface area contributed by atoms with Gasteiger partial charge in [0.25, 0.3) is 0 Å². The quantitative estimate of drug-likeness (QED) is 0.759. The van der Waals surface area contributed by atoms with Gasteiger partial charge in [0, 0.05) is 18.5 Å². The minimum atomic E-state index is -0.155. The van der Waals surface area contributed by atoms with E-state index >= 15 is 0 Å². The highest BCUT2D eigenvalue weighted by molar-refractivity contribution is 5.85. The molecule has 0 fully saturated rings. The number of rotatable bonds is 7. The normalized spacial score (nSPS) is 13.0. The Balaban J connectivity index is 0.00000361. The lowest BCUT2D eigenvalue weighted by atomic mass is 10.0. The molecule has 0 heterocycles. The Bertz CT molecular complexity index is 411. The third-order valence-corrected chi connectivity index (χ3v) is 3.17. The van der Waals surface area contributed by atoms with E-state index in [1.807, 2.05) is 45.0 Å². The number of ether oxygens (including phenoxy) is 1. The van der Waals surface area contributed by atoms with Gasteiger partial charge in [0.05, 0.1) is 6.61 Å². The first-order valence-electron chi connectivity index (χ1n) is 6.74. The standard InChI is InChI=1S/C15H24N2O2.ClH/c1-11-7-4-5-8-14(11)19-10-6-9-17-15(18)12(2)13(3)16;/h4-5,7-8,12-13H,6,9-10,16H2,1-3H3,(H,17,18);1H. The molecule has 20 heavy (non-hydrogen) atoms. The summed E-state index contributed by atoms with van der Waals surface area (Å²) in [5.74, 6) is 0.751. The van der Waals surface area contributed by atoms with Crippen LogP contribution in [-0.2, 0) is 4.79 Å². The molecule has 5 heteroatoms. The van der Waals surface area contributed by atoms with Gasteiger partial charge in [0.15, 0.2) is 0 Å². The highest BCUT2D eigenvalue weighted by Gasteiger charge is 2.15. The number of hydrogen-bond donors (Lipinski definition) is 2. The summed E-state index contributed by atoms with van der Waals surface area (Å²) in [4.78, 5) is 11.6. The van der Waals surface area contributed by atoms with Gasteiger partial charge in [0.2, 0.25) is 5.91 Å². The van der Waals surface area contributed by atoms with Crippen LogP contribution in [0.4, 0.5) is 0 Å². The Labute approximate surface area is 127 Å². The van der Waals surface area contributed by atoms with Crippen LogP contribution in [0.5, 0.6) is 5.75 Å². The molecule has 0 radical (unpaired) electrons. The zero-order chi connectivity index (χ0) is 14.3. The zero-order valence-electron chi connectivity index (χ0n) is 12.4. The van der Waals surface area contributed by atoms with Crippen LogP contribution in [-0.4, -0.2) is 25.1 Å². The Morgan fingerprint density at radius 3 is 2.60 bits per heavy atom. The molecule has 0 saturated heterocycles. The number of aryl methyl sites for hydroxylation is 1. The summed E-state index contributed by atoms with van der Waals surface area (Å²) in [6.45, 7) is 6.90. The van der Waals surface area contributed by atoms with Crippen LogP contribution >= 0.6 is 12.4 Å². The molecule has 0 aromatic heterocycles. The molecule has 1 amide bonds. The first kappa shape index (κ1) is 18.7. The van der Waals surface area contributed by atoms with E-state index in [1.54, 1.807) is 0 Å². The number of amides is 1. The van der Waals surface area contributed by atoms with Crippen molar-refractivity contribution in [3.63, 3.8) is 0 Å². The fourth-order valence-electron chi connectivity index (χ4n) is 1.58. The Morgan fingerprint density at radius 1 is 1.35 bits per heavy atom. The van der Waals surface area contributed by atoms with Crippen LogP contribution < -0.4 is 15.8 Å². The Hall–Kier alpha value is -1.26. The second-order valence-corrected chi connectivity index (χ2v) is 4.91. The molecular weight excluding hydrogens is 276 g/mol. The predicted molar refractivity (Wildman–Crippen MR) is 84.4 cm³/mol. The number of nitrogens with one attached hydrogen (secondary N) is 1. The van der Waals surface area contributed by atoms with E-state index < -0.39 is 0 Å². The summed E-state index contributed by atoms with van der Waals surface area (Å²) in [6, 6.07) is 7.78. The fourth-order valence-corrected chi connectivity index (χ4v) is 1.58. The molecule has 3 N–H and O–H groups in total. The molecule has 0 spiro atoms. The molecule has 114 valence electrons. The largest absolute Gasteiger partial charge is 0.493 e. The van der Waals surface area contributed by atoms with Gasteiger partial charge in [-0.05, 0) is 31.9 Å². The Kier molecular flexibility index (Phi) is 9.01. The van der Waals surface area contributed by atoms with Crippen molar-refractivity contribution < 1.29 is 9.53 Å². The second-order valence-electron chi connectivity index (χ2n) is 4.91. The smallest absolute Gasteiger partial charge is 0.224 e. The zero-order valence-corrected chi connectivity index (χ0v) is 13.2. The van der Waals surface area contributed by atoms with Gasteiger partial charge in [-0.15, -0.1) is 12.4 Å². The maximum Gasteiger partial charge on any atom is 0.224 e. The van der Waals surface area contributed by atoms with Crippen molar-refractivity contribution in [3.8, 4) is 5.75 Å². The molecular formula is C15H25ClN2O2. The van der Waals surface area contributed by atoms with E-state index in [9.17, 15) is 4.79 Å². The van der Waals surface area contributed by atoms with Crippen LogP contribution in [0.3, 0.4) is 0 Å². The molecule has 0 aliphatic rings. The SMILES string of the molecule is Cc1ccccc1OCCCNC(=O)C(C)C(C)N.Cl. The van der Waals surface area contributed by atoms with Crippen molar-refractivity contribution in [1.82, 2.24) is 5.32 Å². The van der Waals surface area contributed by atoms with Gasteiger partial charge in [-0.1, -0.05) is 25.1 Å². The van der Waals surface area contributed by atoms with E-state index in [1.165, 1.54) is 0 Å². The van der Waals surface area contributed by atoms with Gasteiger partial charge in [0.1, 0.15) is 5.75 Å². The molecule has 1 rings (SSSR count). The maximum atomic E-state index is 11.6. The van der Waals surface area contributed by atoms with E-state index in [4.69, 9.17) is 10.5 Å². The lowest BCUT2D eigenvalue weighted by Crippen LogP contribution is -2.39. The highest BCUT2D eigenvalue weighted by Crippen LogP contribution is 2.15. The third kappa shape index (κ3) is 6.26. The number of benzene rings is 1. The highest BCUT2D eigenvalue weighted by atomic mass is 35.5. The lowest BCUT2D eigenvalue weighted by Gasteiger charge is -2.15. The van der Waals surface area contributed by atoms with Crippen LogP contribution in [0, 0.1) is 12.8 Å². The van der Waals surface area contributed by atoms with Crippen LogP contribution in [0.15, 0.2) is 24.3 Å². The average molecular weight is 301 g/mol. The van der Waals surface area contributed by atoms with Crippen molar-refractivity contribution in [3.05, 3.63) is 29.8 Å². The monoisotopic (exact) mass is 300 g/mol. The minimum Gasteiger partial charge on any atom is -0.493 e. The van der Waals surface area contributed by atoms with Crippen LogP contribution in [0.2, 0.25) is 0 Å². The number of carbonyl (C=O) groups is 1. The van der Waals surface area contributed by atoms with Gasteiger partial charge >= 0.3 is 0 Å². The molecule has 4 nitrogen and oxygen atoms in total. The number of hydrogen-bond acceptors (Lipinski definition) is 3. The van der Waals surface area contributed by atoms with Crippen molar-refractivity contribution in [2.24, 2.45) is 11.7 Å². The average Bonchev–Trinajstić information content (AvgIpc) is 2.39. The van der Waals surface area contributed by atoms with Crippen molar-refractivity contribution in [1.29, 1.82) is 0 Å². The van der Waals surface area contributed by atoms with Crippen molar-refractivity contribution in [2.75, 3.05) is 13.2 Å². The molecule has 1 aromatic rings. The third-order valence-electron chi connectivity index (χ3n) is 3.17. The number of para-hydroxylation sites is 1. The number of nitrogens with two attached hydrogens (primary N) is 1. The maximum absolute atomic E-state index is 11.6. The minimum absolute atomic E-state index is 0. The topological polar surface area (TPSA) is 64.3 Å². The summed E-state index contributed by atoms with van der Waals surface area (Å²) in [7, 11) is 0. The number of carbonyl (C=O) groups excluding carboxylic acids is 1. The molecule has 0 saturated carbocycles. The van der Waals surface area contributed by atoms with Crippen molar-refractivity contribution >= 4 is 18.3 Å².